The molecule has 2 aromatic heterocycles. The lowest BCUT2D eigenvalue weighted by molar-refractivity contribution is -0.119. The topological polar surface area (TPSA) is 99.2 Å². The van der Waals surface area contributed by atoms with Crippen LogP contribution in [0.1, 0.15) is 25.1 Å². The summed E-state index contributed by atoms with van der Waals surface area (Å²) in [5, 5.41) is 11.4. The molecule has 1 N–H and O–H groups in total. The second-order valence-electron chi connectivity index (χ2n) is 7.19. The molecule has 2 aromatic carbocycles. The largest absolute Gasteiger partial charge is 0.497 e. The van der Waals surface area contributed by atoms with E-state index in [1.54, 1.807) is 45.2 Å². The van der Waals surface area contributed by atoms with Gasteiger partial charge in [0.25, 0.3) is 5.56 Å². The van der Waals surface area contributed by atoms with E-state index < -0.39 is 23.3 Å². The Kier molecular flexibility index (Phi) is 5.72. The number of rotatable bonds is 6. The summed E-state index contributed by atoms with van der Waals surface area (Å²) in [5.74, 6) is -0.105. The van der Waals surface area contributed by atoms with Crippen LogP contribution in [0.4, 0.5) is 10.1 Å². The second kappa shape index (κ2) is 8.62. The molecule has 0 spiro atoms. The Bertz CT molecular complexity index is 1360. The fourth-order valence-corrected chi connectivity index (χ4v) is 3.54. The van der Waals surface area contributed by atoms with Gasteiger partial charge in [0.15, 0.2) is 5.52 Å². The quantitative estimate of drug-likeness (QED) is 0.489. The lowest BCUT2D eigenvalue weighted by Gasteiger charge is -2.18. The third kappa shape index (κ3) is 3.73. The number of amides is 1. The van der Waals surface area contributed by atoms with Crippen molar-refractivity contribution in [3.8, 4) is 17.0 Å². The van der Waals surface area contributed by atoms with Crippen LogP contribution in [0.15, 0.2) is 57.8 Å². The second-order valence-corrected chi connectivity index (χ2v) is 7.19. The summed E-state index contributed by atoms with van der Waals surface area (Å²) < 4.78 is 25.7. The zero-order valence-corrected chi connectivity index (χ0v) is 17.8. The zero-order chi connectivity index (χ0) is 22.8. The Morgan fingerprint density at radius 1 is 1.25 bits per heavy atom. The zero-order valence-electron chi connectivity index (χ0n) is 17.8. The van der Waals surface area contributed by atoms with Crippen LogP contribution in [0.3, 0.4) is 0 Å². The van der Waals surface area contributed by atoms with Gasteiger partial charge >= 0.3 is 0 Å². The number of fused-ring (bicyclic) bond motifs is 1. The number of nitrogens with zero attached hydrogens (tertiary/aromatic N) is 3. The first kappa shape index (κ1) is 21.2. The van der Waals surface area contributed by atoms with Gasteiger partial charge in [0.1, 0.15) is 29.1 Å². The molecule has 32 heavy (non-hydrogen) atoms. The SMILES string of the molecule is CC[C@@H](C(=O)Nc1ccccc1F)n1nc(-c2cccc(OC)c2)c2c(C)onc2c1=O. The first-order chi connectivity index (χ1) is 15.4. The first-order valence-electron chi connectivity index (χ1n) is 10.0. The number of para-hydroxylation sites is 1. The predicted molar refractivity (Wildman–Crippen MR) is 117 cm³/mol. The lowest BCUT2D eigenvalue weighted by atomic mass is 10.1. The number of halogens is 1. The van der Waals surface area contributed by atoms with Crippen molar-refractivity contribution in [3.05, 3.63) is 70.5 Å². The maximum atomic E-state index is 14.0. The predicted octanol–water partition coefficient (Wildman–Crippen LogP) is 4.10. The summed E-state index contributed by atoms with van der Waals surface area (Å²) >= 11 is 0. The molecule has 0 saturated heterocycles. The summed E-state index contributed by atoms with van der Waals surface area (Å²) in [6, 6.07) is 12.0. The smallest absolute Gasteiger partial charge is 0.297 e. The molecule has 0 unspecified atom stereocenters. The van der Waals surface area contributed by atoms with Crippen molar-refractivity contribution in [2.45, 2.75) is 26.3 Å². The van der Waals surface area contributed by atoms with Crippen molar-refractivity contribution in [1.29, 1.82) is 0 Å². The molecule has 0 aliphatic carbocycles. The van der Waals surface area contributed by atoms with Crippen LogP contribution >= 0.6 is 0 Å². The van der Waals surface area contributed by atoms with Crippen LogP contribution in [-0.4, -0.2) is 28.0 Å². The Hall–Kier alpha value is -4.01. The van der Waals surface area contributed by atoms with Crippen LogP contribution in [-0.2, 0) is 4.79 Å². The van der Waals surface area contributed by atoms with Gasteiger partial charge < -0.3 is 14.6 Å². The van der Waals surface area contributed by atoms with Crippen LogP contribution in [0.2, 0.25) is 0 Å². The maximum absolute atomic E-state index is 14.0. The number of nitrogens with one attached hydrogen (secondary N) is 1. The van der Waals surface area contributed by atoms with Crippen molar-refractivity contribution in [2.75, 3.05) is 12.4 Å². The van der Waals surface area contributed by atoms with Crippen LogP contribution in [0.5, 0.6) is 5.75 Å². The fourth-order valence-electron chi connectivity index (χ4n) is 3.54. The number of carbonyl (C=O) groups is 1. The average molecular weight is 436 g/mol. The molecule has 0 aliphatic rings. The number of benzene rings is 2. The molecule has 164 valence electrons. The number of aryl methyl sites for hydroxylation is 1. The van der Waals surface area contributed by atoms with E-state index in [4.69, 9.17) is 9.26 Å². The highest BCUT2D eigenvalue weighted by Crippen LogP contribution is 2.30. The van der Waals surface area contributed by atoms with Gasteiger partial charge in [-0.2, -0.15) is 5.10 Å². The Morgan fingerprint density at radius 3 is 2.75 bits per heavy atom. The molecule has 0 radical (unpaired) electrons. The van der Waals surface area contributed by atoms with Gasteiger partial charge in [-0.15, -0.1) is 0 Å². The summed E-state index contributed by atoms with van der Waals surface area (Å²) in [4.78, 5) is 26.2. The number of aromatic nitrogens is 3. The highest BCUT2D eigenvalue weighted by atomic mass is 19.1. The first-order valence-corrected chi connectivity index (χ1v) is 10.0. The van der Waals surface area contributed by atoms with E-state index in [2.05, 4.69) is 15.6 Å². The molecule has 0 aliphatic heterocycles. The molecule has 0 saturated carbocycles. The van der Waals surface area contributed by atoms with Crippen molar-refractivity contribution in [3.63, 3.8) is 0 Å². The molecular formula is C23H21FN4O4. The molecule has 4 aromatic rings. The number of ether oxygens (including phenoxy) is 1. The normalized spacial score (nSPS) is 12.0. The number of methoxy groups -OCH3 is 1. The van der Waals surface area contributed by atoms with Crippen molar-refractivity contribution >= 4 is 22.5 Å². The molecule has 4 rings (SSSR count). The van der Waals surface area contributed by atoms with E-state index in [-0.39, 0.29) is 17.6 Å². The van der Waals surface area contributed by atoms with E-state index in [0.29, 0.717) is 28.2 Å². The standard InChI is InChI=1S/C23H21FN4O4/c1-4-18(22(29)25-17-11-6-5-10-16(17)24)28-23(30)21-19(13(2)32-27-21)20(26-28)14-8-7-9-15(12-14)31-3/h5-12,18H,4H2,1-3H3,(H,25,29)/t18-/m0/s1. The number of anilines is 1. The van der Waals surface area contributed by atoms with E-state index in [1.807, 2.05) is 6.07 Å². The average Bonchev–Trinajstić information content (AvgIpc) is 3.19. The number of hydrogen-bond donors (Lipinski definition) is 1. The Balaban J connectivity index is 1.86. The monoisotopic (exact) mass is 436 g/mol. The van der Waals surface area contributed by atoms with E-state index >= 15 is 0 Å². The van der Waals surface area contributed by atoms with Crippen LogP contribution < -0.4 is 15.6 Å². The van der Waals surface area contributed by atoms with E-state index in [9.17, 15) is 14.0 Å². The third-order valence-electron chi connectivity index (χ3n) is 5.18. The van der Waals surface area contributed by atoms with Gasteiger partial charge in [-0.05, 0) is 37.6 Å². The molecule has 0 fully saturated rings. The van der Waals surface area contributed by atoms with Gasteiger partial charge in [-0.25, -0.2) is 9.07 Å². The van der Waals surface area contributed by atoms with Gasteiger partial charge in [0, 0.05) is 5.56 Å². The van der Waals surface area contributed by atoms with Crippen molar-refractivity contribution < 1.29 is 18.4 Å². The number of hydrogen-bond acceptors (Lipinski definition) is 6. The maximum Gasteiger partial charge on any atom is 0.297 e. The summed E-state index contributed by atoms with van der Waals surface area (Å²) in [7, 11) is 1.55. The number of carbonyl (C=O) groups excluding carboxylic acids is 1. The lowest BCUT2D eigenvalue weighted by Crippen LogP contribution is -2.35. The molecule has 0 bridgehead atoms. The van der Waals surface area contributed by atoms with Crippen LogP contribution in [0, 0.1) is 12.7 Å². The van der Waals surface area contributed by atoms with E-state index in [1.165, 1.54) is 18.2 Å². The van der Waals surface area contributed by atoms with Crippen molar-refractivity contribution in [1.82, 2.24) is 14.9 Å². The molecular weight excluding hydrogens is 415 g/mol. The Morgan fingerprint density at radius 2 is 2.03 bits per heavy atom. The molecule has 8 nitrogen and oxygen atoms in total. The highest BCUT2D eigenvalue weighted by molar-refractivity contribution is 5.95. The minimum atomic E-state index is -0.993. The van der Waals surface area contributed by atoms with E-state index in [0.717, 1.165) is 4.68 Å². The van der Waals surface area contributed by atoms with Crippen LogP contribution in [0.25, 0.3) is 22.2 Å². The molecule has 1 atom stereocenters. The molecule has 9 heteroatoms. The summed E-state index contributed by atoms with van der Waals surface area (Å²) in [5.41, 5.74) is 0.607. The summed E-state index contributed by atoms with van der Waals surface area (Å²) in [6.07, 6.45) is 0.243. The molecule has 1 amide bonds. The van der Waals surface area contributed by atoms with Gasteiger partial charge in [0.05, 0.1) is 18.2 Å². The van der Waals surface area contributed by atoms with Gasteiger partial charge in [-0.1, -0.05) is 36.3 Å². The summed E-state index contributed by atoms with van der Waals surface area (Å²) in [6.45, 7) is 3.43. The Labute approximate surface area is 182 Å². The fraction of sp³-hybridized carbons (Fsp3) is 0.217. The minimum Gasteiger partial charge on any atom is -0.497 e. The van der Waals surface area contributed by atoms with Crippen molar-refractivity contribution in [2.24, 2.45) is 0 Å². The highest BCUT2D eigenvalue weighted by Gasteiger charge is 2.27. The third-order valence-corrected chi connectivity index (χ3v) is 5.18. The molecule has 2 heterocycles. The van der Waals surface area contributed by atoms with Gasteiger partial charge in [0.2, 0.25) is 5.91 Å². The van der Waals surface area contributed by atoms with Gasteiger partial charge in [-0.3, -0.25) is 9.59 Å². The minimum absolute atomic E-state index is 0.0235.